The van der Waals surface area contributed by atoms with Gasteiger partial charge in [0.2, 0.25) is 0 Å². The zero-order valence-electron chi connectivity index (χ0n) is 40.7. The van der Waals surface area contributed by atoms with Gasteiger partial charge in [-0.15, -0.1) is 0 Å². The molecular weight excluding hydrogens is 839 g/mol. The SMILES string of the molecule is CC(C)(C)c1ccnc(-n2c3ccccc3c3ccc(N(c4ccccc4)c4cccc(N5CN(c6cc(C(C)(C)c7ccccc7)cc(C(C)(C)c7ccccc7)c6)c6ccccc65)c4)cc32)c1. The average molecular weight is 898 g/mol. The molecule has 0 spiro atoms. The summed E-state index contributed by atoms with van der Waals surface area (Å²) in [4.78, 5) is 12.3. The van der Waals surface area contributed by atoms with E-state index in [0.29, 0.717) is 6.67 Å². The third-order valence-electron chi connectivity index (χ3n) is 14.6. The minimum absolute atomic E-state index is 0.0187. The minimum atomic E-state index is -0.239. The van der Waals surface area contributed by atoms with E-state index in [0.717, 1.165) is 39.6 Å². The molecule has 0 unspecified atom stereocenters. The third kappa shape index (κ3) is 7.82. The third-order valence-corrected chi connectivity index (χ3v) is 14.6. The molecule has 5 heteroatoms. The second-order valence-electron chi connectivity index (χ2n) is 20.6. The van der Waals surface area contributed by atoms with Gasteiger partial charge < -0.3 is 14.7 Å². The summed E-state index contributed by atoms with van der Waals surface area (Å²) in [5.41, 5.74) is 16.0. The van der Waals surface area contributed by atoms with Crippen LogP contribution in [0.4, 0.5) is 39.8 Å². The number of nitrogens with zero attached hydrogens (tertiary/aromatic N) is 5. The van der Waals surface area contributed by atoms with E-state index in [1.165, 1.54) is 55.7 Å². The largest absolute Gasteiger partial charge is 0.321 e. The van der Waals surface area contributed by atoms with Crippen LogP contribution < -0.4 is 14.7 Å². The monoisotopic (exact) mass is 897 g/mol. The van der Waals surface area contributed by atoms with E-state index in [-0.39, 0.29) is 16.2 Å². The second kappa shape index (κ2) is 17.0. The van der Waals surface area contributed by atoms with E-state index >= 15 is 0 Å². The first-order valence-electron chi connectivity index (χ1n) is 24.2. The van der Waals surface area contributed by atoms with Gasteiger partial charge in [-0.3, -0.25) is 4.57 Å². The molecule has 3 heterocycles. The Bertz CT molecular complexity index is 3400. The molecule has 0 bridgehead atoms. The van der Waals surface area contributed by atoms with Crippen LogP contribution in [-0.4, -0.2) is 16.2 Å². The summed E-state index contributed by atoms with van der Waals surface area (Å²) in [6, 6.07) is 77.7. The normalized spacial score (nSPS) is 13.0. The quantitative estimate of drug-likeness (QED) is 0.137. The summed E-state index contributed by atoms with van der Waals surface area (Å²) in [6.07, 6.45) is 1.95. The van der Waals surface area contributed by atoms with Gasteiger partial charge in [0.15, 0.2) is 0 Å². The first kappa shape index (κ1) is 43.7. The zero-order chi connectivity index (χ0) is 47.5. The Morgan fingerprint density at radius 3 is 1.57 bits per heavy atom. The number of hydrogen-bond acceptors (Lipinski definition) is 4. The summed E-state index contributed by atoms with van der Waals surface area (Å²) in [7, 11) is 0. The Morgan fingerprint density at radius 2 is 0.928 bits per heavy atom. The number of fused-ring (bicyclic) bond motifs is 4. The standard InChI is InChI=1S/C64H59N5/c1-62(2,3)47-36-37-65-61(41-47)69-57-31-18-17-30-55(57)56-35-34-53(43-60(56)69)68(50-26-15-10-16-27-50)52-29-21-28-51(42-52)66-44-67(59-33-20-19-32-58(59)66)54-39-48(63(4,5)45-22-11-8-12-23-45)38-49(40-54)64(6,7)46-24-13-9-14-25-46/h8-43H,44H2,1-7H3. The minimum Gasteiger partial charge on any atom is -0.321 e. The van der Waals surface area contributed by atoms with Gasteiger partial charge in [0.05, 0.1) is 22.4 Å². The Hall–Kier alpha value is -7.89. The molecule has 2 aromatic heterocycles. The Kier molecular flexibility index (Phi) is 10.8. The van der Waals surface area contributed by atoms with Crippen molar-refractivity contribution in [1.82, 2.24) is 9.55 Å². The first-order chi connectivity index (χ1) is 33.4. The molecule has 0 saturated heterocycles. The highest BCUT2D eigenvalue weighted by Crippen LogP contribution is 2.48. The molecule has 1 aliphatic heterocycles. The molecule has 0 N–H and O–H groups in total. The molecule has 0 amide bonds. The lowest BCUT2D eigenvalue weighted by Gasteiger charge is -2.33. The second-order valence-corrected chi connectivity index (χ2v) is 20.6. The van der Waals surface area contributed by atoms with Crippen molar-refractivity contribution in [1.29, 1.82) is 0 Å². The van der Waals surface area contributed by atoms with Crippen LogP contribution in [0.15, 0.2) is 219 Å². The van der Waals surface area contributed by atoms with Crippen LogP contribution >= 0.6 is 0 Å². The predicted octanol–water partition coefficient (Wildman–Crippen LogP) is 16.8. The highest BCUT2D eigenvalue weighted by atomic mass is 15.4. The van der Waals surface area contributed by atoms with E-state index in [1.54, 1.807) is 0 Å². The zero-order valence-corrected chi connectivity index (χ0v) is 40.7. The van der Waals surface area contributed by atoms with Crippen LogP contribution in [0, 0.1) is 0 Å². The van der Waals surface area contributed by atoms with Crippen molar-refractivity contribution in [3.8, 4) is 5.82 Å². The van der Waals surface area contributed by atoms with E-state index in [9.17, 15) is 0 Å². The van der Waals surface area contributed by atoms with Crippen molar-refractivity contribution in [2.75, 3.05) is 21.4 Å². The van der Waals surface area contributed by atoms with Crippen LogP contribution in [0.3, 0.4) is 0 Å². The van der Waals surface area contributed by atoms with Gasteiger partial charge in [0, 0.05) is 56.2 Å². The molecule has 11 rings (SSSR count). The van der Waals surface area contributed by atoms with Gasteiger partial charge >= 0.3 is 0 Å². The maximum atomic E-state index is 4.99. The number of aromatic nitrogens is 2. The molecule has 10 aromatic rings. The fraction of sp³-hybridized carbons (Fsp3) is 0.172. The average Bonchev–Trinajstić information content (AvgIpc) is 3.93. The topological polar surface area (TPSA) is 27.5 Å². The fourth-order valence-electron chi connectivity index (χ4n) is 10.4. The lowest BCUT2D eigenvalue weighted by atomic mass is 9.73. The van der Waals surface area contributed by atoms with Crippen LogP contribution in [-0.2, 0) is 16.2 Å². The molecule has 0 fully saturated rings. The van der Waals surface area contributed by atoms with Crippen LogP contribution in [0.2, 0.25) is 0 Å². The Morgan fingerprint density at radius 1 is 0.391 bits per heavy atom. The van der Waals surface area contributed by atoms with E-state index in [4.69, 9.17) is 4.98 Å². The number of para-hydroxylation sites is 4. The van der Waals surface area contributed by atoms with Crippen molar-refractivity contribution in [2.24, 2.45) is 0 Å². The van der Waals surface area contributed by atoms with E-state index in [2.05, 4.69) is 280 Å². The summed E-state index contributed by atoms with van der Waals surface area (Å²) in [5.74, 6) is 0.918. The smallest absolute Gasteiger partial charge is 0.137 e. The van der Waals surface area contributed by atoms with Gasteiger partial charge in [-0.2, -0.15) is 0 Å². The molecular formula is C64H59N5. The predicted molar refractivity (Wildman–Crippen MR) is 291 cm³/mol. The van der Waals surface area contributed by atoms with Gasteiger partial charge in [0.1, 0.15) is 12.5 Å². The van der Waals surface area contributed by atoms with Gasteiger partial charge in [-0.25, -0.2) is 4.98 Å². The Balaban J connectivity index is 1.03. The molecule has 8 aromatic carbocycles. The Labute approximate surface area is 407 Å². The highest BCUT2D eigenvalue weighted by Gasteiger charge is 2.33. The summed E-state index contributed by atoms with van der Waals surface area (Å²) < 4.78 is 2.33. The van der Waals surface area contributed by atoms with Crippen molar-refractivity contribution >= 4 is 61.6 Å². The van der Waals surface area contributed by atoms with Crippen molar-refractivity contribution in [3.63, 3.8) is 0 Å². The molecule has 0 radical (unpaired) electrons. The van der Waals surface area contributed by atoms with Crippen LogP contribution in [0.5, 0.6) is 0 Å². The van der Waals surface area contributed by atoms with Crippen LogP contribution in [0.25, 0.3) is 27.6 Å². The van der Waals surface area contributed by atoms with E-state index in [1.807, 2.05) is 6.20 Å². The first-order valence-corrected chi connectivity index (χ1v) is 24.2. The highest BCUT2D eigenvalue weighted by molar-refractivity contribution is 6.10. The number of hydrogen-bond donors (Lipinski definition) is 0. The molecule has 0 atom stereocenters. The maximum Gasteiger partial charge on any atom is 0.137 e. The lowest BCUT2D eigenvalue weighted by molar-refractivity contribution is 0.588. The van der Waals surface area contributed by atoms with Gasteiger partial charge in [-0.1, -0.05) is 176 Å². The number of rotatable bonds is 10. The maximum absolute atomic E-state index is 4.99. The number of benzene rings is 8. The number of anilines is 7. The van der Waals surface area contributed by atoms with Crippen molar-refractivity contribution in [2.45, 2.75) is 64.7 Å². The van der Waals surface area contributed by atoms with Crippen LogP contribution in [0.1, 0.15) is 76.3 Å². The molecule has 0 aliphatic carbocycles. The summed E-state index contributed by atoms with van der Waals surface area (Å²) in [5, 5.41) is 2.40. The fourth-order valence-corrected chi connectivity index (χ4v) is 10.4. The van der Waals surface area contributed by atoms with Crippen molar-refractivity contribution in [3.05, 3.63) is 246 Å². The summed E-state index contributed by atoms with van der Waals surface area (Å²) in [6.45, 7) is 16.9. The molecule has 69 heavy (non-hydrogen) atoms. The lowest BCUT2D eigenvalue weighted by Crippen LogP contribution is -2.27. The van der Waals surface area contributed by atoms with Crippen molar-refractivity contribution < 1.29 is 0 Å². The molecule has 1 aliphatic rings. The summed E-state index contributed by atoms with van der Waals surface area (Å²) >= 11 is 0. The van der Waals surface area contributed by atoms with Gasteiger partial charge in [0.25, 0.3) is 0 Å². The number of pyridine rings is 1. The molecule has 0 saturated carbocycles. The molecule has 5 nitrogen and oxygen atoms in total. The van der Waals surface area contributed by atoms with Gasteiger partial charge in [-0.05, 0) is 118 Å². The van der Waals surface area contributed by atoms with E-state index < -0.39 is 0 Å². The molecule has 340 valence electrons.